The van der Waals surface area contributed by atoms with Crippen molar-refractivity contribution in [3.8, 4) is 0 Å². The Morgan fingerprint density at radius 2 is 2.10 bits per heavy atom. The van der Waals surface area contributed by atoms with Crippen molar-refractivity contribution in [2.75, 3.05) is 38.6 Å². The summed E-state index contributed by atoms with van der Waals surface area (Å²) in [4.78, 5) is 31.1. The van der Waals surface area contributed by atoms with Crippen LogP contribution in [-0.2, 0) is 4.79 Å². The fourth-order valence-electron chi connectivity index (χ4n) is 3.32. The van der Waals surface area contributed by atoms with Crippen molar-refractivity contribution < 1.29 is 9.59 Å². The highest BCUT2D eigenvalue weighted by atomic mass is 32.1. The monoisotopic (exact) mass is 307 g/mol. The fourth-order valence-corrected chi connectivity index (χ4v) is 4.20. The molecule has 2 fully saturated rings. The van der Waals surface area contributed by atoms with E-state index < -0.39 is 0 Å². The largest absolute Gasteiger partial charge is 0.331 e. The van der Waals surface area contributed by atoms with Crippen LogP contribution < -0.4 is 4.90 Å². The second-order valence-electron chi connectivity index (χ2n) is 6.39. The zero-order valence-electron chi connectivity index (χ0n) is 12.8. The lowest BCUT2D eigenvalue weighted by atomic mass is 9.86. The Morgan fingerprint density at radius 1 is 1.33 bits per heavy atom. The Bertz CT molecular complexity index is 583. The number of hydrogen-bond acceptors (Lipinski definition) is 3. The van der Waals surface area contributed by atoms with Crippen LogP contribution in [0, 0.1) is 12.3 Å². The van der Waals surface area contributed by atoms with Crippen molar-refractivity contribution in [2.45, 2.75) is 19.8 Å². The van der Waals surface area contributed by atoms with Gasteiger partial charge in [0, 0.05) is 50.4 Å². The molecule has 1 aromatic rings. The topological polar surface area (TPSA) is 43.9 Å². The molecule has 2 aliphatic rings. The van der Waals surface area contributed by atoms with E-state index in [2.05, 4.69) is 13.0 Å². The maximum absolute atomic E-state index is 12.4. The number of hydrogen-bond donors (Lipinski definition) is 0. The van der Waals surface area contributed by atoms with E-state index in [1.165, 1.54) is 4.88 Å². The van der Waals surface area contributed by atoms with Crippen LogP contribution >= 0.6 is 11.3 Å². The van der Waals surface area contributed by atoms with Crippen LogP contribution in [0.15, 0.2) is 12.1 Å². The minimum Gasteiger partial charge on any atom is -0.331 e. The molecule has 5 nitrogen and oxygen atoms in total. The van der Waals surface area contributed by atoms with Gasteiger partial charge in [-0.25, -0.2) is 4.79 Å². The number of aryl methyl sites for hydroxylation is 1. The zero-order chi connectivity index (χ0) is 15.2. The highest BCUT2D eigenvalue weighted by molar-refractivity contribution is 7.16. The number of urea groups is 1. The average molecular weight is 307 g/mol. The summed E-state index contributed by atoms with van der Waals surface area (Å²) >= 11 is 1.66. The molecule has 0 N–H and O–H groups in total. The Morgan fingerprint density at radius 3 is 2.71 bits per heavy atom. The summed E-state index contributed by atoms with van der Waals surface area (Å²) in [6.45, 7) is 4.23. The SMILES string of the molecule is Cc1ccc(N2CC3(CCN(C(=O)N(C)C)C3)CC2=O)s1. The summed E-state index contributed by atoms with van der Waals surface area (Å²) in [6.07, 6.45) is 1.47. The van der Waals surface area contributed by atoms with E-state index in [1.807, 2.05) is 15.9 Å². The van der Waals surface area contributed by atoms with Crippen molar-refractivity contribution in [2.24, 2.45) is 5.41 Å². The Labute approximate surface area is 129 Å². The molecule has 0 radical (unpaired) electrons. The van der Waals surface area contributed by atoms with Crippen molar-refractivity contribution in [1.82, 2.24) is 9.80 Å². The molecule has 3 rings (SSSR count). The van der Waals surface area contributed by atoms with Gasteiger partial charge in [0.15, 0.2) is 0 Å². The van der Waals surface area contributed by atoms with Gasteiger partial charge < -0.3 is 14.7 Å². The normalized spacial score (nSPS) is 25.2. The third-order valence-corrected chi connectivity index (χ3v) is 5.43. The quantitative estimate of drug-likeness (QED) is 0.798. The number of nitrogens with zero attached hydrogens (tertiary/aromatic N) is 3. The van der Waals surface area contributed by atoms with E-state index in [9.17, 15) is 9.59 Å². The highest BCUT2D eigenvalue weighted by Crippen LogP contribution is 2.43. The molecule has 2 aliphatic heterocycles. The Kier molecular flexibility index (Phi) is 3.43. The number of likely N-dealkylation sites (tertiary alicyclic amines) is 1. The van der Waals surface area contributed by atoms with Crippen LogP contribution in [0.4, 0.5) is 9.80 Å². The summed E-state index contributed by atoms with van der Waals surface area (Å²) in [6, 6.07) is 4.12. The van der Waals surface area contributed by atoms with Crippen LogP contribution in [-0.4, -0.2) is 55.5 Å². The van der Waals surface area contributed by atoms with Gasteiger partial charge in [0.2, 0.25) is 5.91 Å². The van der Waals surface area contributed by atoms with Gasteiger partial charge in [0.25, 0.3) is 0 Å². The number of carbonyl (C=O) groups excluding carboxylic acids is 2. The molecule has 6 heteroatoms. The Hall–Kier alpha value is -1.56. The van der Waals surface area contributed by atoms with Gasteiger partial charge in [-0.3, -0.25) is 4.79 Å². The van der Waals surface area contributed by atoms with Gasteiger partial charge in [-0.2, -0.15) is 0 Å². The van der Waals surface area contributed by atoms with Gasteiger partial charge >= 0.3 is 6.03 Å². The molecular formula is C15H21N3O2S. The first-order chi connectivity index (χ1) is 9.90. The summed E-state index contributed by atoms with van der Waals surface area (Å²) in [5, 5.41) is 1.03. The number of rotatable bonds is 1. The van der Waals surface area contributed by atoms with Crippen molar-refractivity contribution in [3.63, 3.8) is 0 Å². The molecule has 21 heavy (non-hydrogen) atoms. The first-order valence-corrected chi connectivity index (χ1v) is 8.05. The van der Waals surface area contributed by atoms with Crippen molar-refractivity contribution in [1.29, 1.82) is 0 Å². The van der Waals surface area contributed by atoms with E-state index in [0.717, 1.165) is 24.5 Å². The number of anilines is 1. The number of amides is 3. The molecule has 1 spiro atoms. The molecule has 1 aromatic heterocycles. The predicted octanol–water partition coefficient (Wildman–Crippen LogP) is 2.17. The molecule has 3 amide bonds. The van der Waals surface area contributed by atoms with E-state index >= 15 is 0 Å². The first-order valence-electron chi connectivity index (χ1n) is 7.23. The minimum absolute atomic E-state index is 0.0461. The molecular weight excluding hydrogens is 286 g/mol. The Balaban J connectivity index is 1.74. The lowest BCUT2D eigenvalue weighted by molar-refractivity contribution is -0.117. The van der Waals surface area contributed by atoms with Gasteiger partial charge in [-0.05, 0) is 25.5 Å². The molecule has 1 atom stereocenters. The standard InChI is InChI=1S/C15H21N3O2S/c1-11-4-5-13(21-11)18-10-15(8-12(18)19)6-7-17(9-15)14(20)16(2)3/h4-5H,6-10H2,1-3H3. The van der Waals surface area contributed by atoms with Crippen LogP contribution in [0.5, 0.6) is 0 Å². The van der Waals surface area contributed by atoms with Gasteiger partial charge in [0.05, 0.1) is 5.00 Å². The second kappa shape index (κ2) is 5.02. The maximum Gasteiger partial charge on any atom is 0.319 e. The number of thiophene rings is 1. The van der Waals surface area contributed by atoms with E-state index in [-0.39, 0.29) is 17.4 Å². The first kappa shape index (κ1) is 14.4. The molecule has 3 heterocycles. The average Bonchev–Trinajstić information content (AvgIpc) is 3.09. The fraction of sp³-hybridized carbons (Fsp3) is 0.600. The van der Waals surface area contributed by atoms with E-state index in [1.54, 1.807) is 30.3 Å². The van der Waals surface area contributed by atoms with Gasteiger partial charge in [-0.15, -0.1) is 11.3 Å². The lowest BCUT2D eigenvalue weighted by Crippen LogP contribution is -2.39. The predicted molar refractivity (Wildman–Crippen MR) is 83.7 cm³/mol. The van der Waals surface area contributed by atoms with Gasteiger partial charge in [-0.1, -0.05) is 0 Å². The van der Waals surface area contributed by atoms with Gasteiger partial charge in [0.1, 0.15) is 0 Å². The molecule has 0 bridgehead atoms. The third-order valence-electron chi connectivity index (χ3n) is 4.40. The lowest BCUT2D eigenvalue weighted by Gasteiger charge is -2.25. The minimum atomic E-state index is -0.0549. The van der Waals surface area contributed by atoms with Crippen LogP contribution in [0.1, 0.15) is 17.7 Å². The smallest absolute Gasteiger partial charge is 0.319 e. The van der Waals surface area contributed by atoms with E-state index in [4.69, 9.17) is 0 Å². The molecule has 114 valence electrons. The zero-order valence-corrected chi connectivity index (χ0v) is 13.6. The number of carbonyl (C=O) groups is 2. The summed E-state index contributed by atoms with van der Waals surface area (Å²) in [7, 11) is 3.54. The molecule has 2 saturated heterocycles. The molecule has 0 aromatic carbocycles. The second-order valence-corrected chi connectivity index (χ2v) is 7.66. The van der Waals surface area contributed by atoms with Crippen LogP contribution in [0.2, 0.25) is 0 Å². The van der Waals surface area contributed by atoms with Crippen molar-refractivity contribution >= 4 is 28.3 Å². The summed E-state index contributed by atoms with van der Waals surface area (Å²) < 4.78 is 0. The third kappa shape index (κ3) is 2.52. The van der Waals surface area contributed by atoms with Crippen LogP contribution in [0.25, 0.3) is 0 Å². The summed E-state index contributed by atoms with van der Waals surface area (Å²) in [5.41, 5.74) is -0.0549. The van der Waals surface area contributed by atoms with Crippen molar-refractivity contribution in [3.05, 3.63) is 17.0 Å². The molecule has 0 saturated carbocycles. The summed E-state index contributed by atoms with van der Waals surface area (Å²) in [5.74, 6) is 0.191. The molecule has 1 unspecified atom stereocenters. The molecule has 0 aliphatic carbocycles. The van der Waals surface area contributed by atoms with Crippen LogP contribution in [0.3, 0.4) is 0 Å². The maximum atomic E-state index is 12.4. The van der Waals surface area contributed by atoms with E-state index in [0.29, 0.717) is 13.0 Å². The highest BCUT2D eigenvalue weighted by Gasteiger charge is 2.49.